The first kappa shape index (κ1) is 14.6. The highest BCUT2D eigenvalue weighted by molar-refractivity contribution is 9.11. The van der Waals surface area contributed by atoms with Crippen molar-refractivity contribution in [3.05, 3.63) is 68.1 Å². The predicted octanol–water partition coefficient (Wildman–Crippen LogP) is 4.73. The van der Waals surface area contributed by atoms with Gasteiger partial charge in [-0.25, -0.2) is 8.78 Å². The molecule has 1 nitrogen and oxygen atoms in total. The summed E-state index contributed by atoms with van der Waals surface area (Å²) in [5, 5.41) is 0. The van der Waals surface area contributed by atoms with E-state index < -0.39 is 11.6 Å². The van der Waals surface area contributed by atoms with E-state index in [1.807, 2.05) is 18.2 Å². The summed E-state index contributed by atoms with van der Waals surface area (Å²) in [6.45, 7) is 0. The average molecular weight is 391 g/mol. The Morgan fingerprint density at radius 2 is 1.63 bits per heavy atom. The van der Waals surface area contributed by atoms with E-state index in [4.69, 9.17) is 5.73 Å². The lowest BCUT2D eigenvalue weighted by molar-refractivity contribution is 0.576. The lowest BCUT2D eigenvalue weighted by Crippen LogP contribution is -2.14. The predicted molar refractivity (Wildman–Crippen MR) is 78.8 cm³/mol. The van der Waals surface area contributed by atoms with Crippen molar-refractivity contribution in [1.82, 2.24) is 0 Å². The summed E-state index contributed by atoms with van der Waals surface area (Å²) in [6, 6.07) is 8.78. The molecule has 2 aromatic rings. The average Bonchev–Trinajstić information content (AvgIpc) is 2.26. The topological polar surface area (TPSA) is 26.0 Å². The molecule has 2 aromatic carbocycles. The first-order chi connectivity index (χ1) is 8.95. The summed E-state index contributed by atoms with van der Waals surface area (Å²) in [5.74, 6) is -1.17. The molecule has 0 aliphatic carbocycles. The van der Waals surface area contributed by atoms with Gasteiger partial charge in [-0.15, -0.1) is 0 Å². The molecule has 0 spiro atoms. The molecule has 0 aliphatic rings. The minimum atomic E-state index is -0.586. The van der Waals surface area contributed by atoms with Gasteiger partial charge in [0.25, 0.3) is 0 Å². The van der Waals surface area contributed by atoms with E-state index in [0.717, 1.165) is 20.6 Å². The standard InChI is InChI=1S/C14H11Br2F2N/c15-9-1-2-12(13(16)6-9)14(19)5-8-3-10(17)7-11(18)4-8/h1-4,6-7,14H,5,19H2. The molecule has 1 atom stereocenters. The second-order valence-corrected chi connectivity index (χ2v) is 6.02. The zero-order valence-corrected chi connectivity index (χ0v) is 13.0. The molecule has 1 unspecified atom stereocenters. The second-order valence-electron chi connectivity index (χ2n) is 4.25. The van der Waals surface area contributed by atoms with Gasteiger partial charge in [0, 0.05) is 21.1 Å². The Balaban J connectivity index is 2.22. The maximum absolute atomic E-state index is 13.1. The Morgan fingerprint density at radius 3 is 2.21 bits per heavy atom. The molecule has 0 fully saturated rings. The maximum atomic E-state index is 13.1. The first-order valence-electron chi connectivity index (χ1n) is 5.61. The molecule has 19 heavy (non-hydrogen) atoms. The summed E-state index contributed by atoms with van der Waals surface area (Å²) in [5.41, 5.74) is 7.53. The van der Waals surface area contributed by atoms with Crippen LogP contribution in [0.5, 0.6) is 0 Å². The van der Waals surface area contributed by atoms with Crippen LogP contribution in [0, 0.1) is 11.6 Å². The SMILES string of the molecule is NC(Cc1cc(F)cc(F)c1)c1ccc(Br)cc1Br. The Labute approximate surface area is 127 Å². The van der Waals surface area contributed by atoms with Crippen LogP contribution in [0.15, 0.2) is 45.3 Å². The summed E-state index contributed by atoms with van der Waals surface area (Å²) >= 11 is 6.79. The van der Waals surface area contributed by atoms with Gasteiger partial charge in [-0.3, -0.25) is 0 Å². The molecule has 0 bridgehead atoms. The monoisotopic (exact) mass is 389 g/mol. The molecule has 0 saturated heterocycles. The van der Waals surface area contributed by atoms with Crippen LogP contribution in [-0.2, 0) is 6.42 Å². The third-order valence-corrected chi connectivity index (χ3v) is 3.92. The summed E-state index contributed by atoms with van der Waals surface area (Å²) in [4.78, 5) is 0. The van der Waals surface area contributed by atoms with Crippen molar-refractivity contribution in [3.63, 3.8) is 0 Å². The van der Waals surface area contributed by atoms with E-state index in [1.165, 1.54) is 12.1 Å². The molecular formula is C14H11Br2F2N. The van der Waals surface area contributed by atoms with Crippen LogP contribution in [0.3, 0.4) is 0 Å². The summed E-state index contributed by atoms with van der Waals surface area (Å²) < 4.78 is 28.0. The molecule has 5 heteroatoms. The van der Waals surface area contributed by atoms with Gasteiger partial charge in [0.15, 0.2) is 0 Å². The normalized spacial score (nSPS) is 12.5. The zero-order valence-electron chi connectivity index (χ0n) is 9.84. The van der Waals surface area contributed by atoms with Gasteiger partial charge >= 0.3 is 0 Å². The molecule has 0 aliphatic heterocycles. The van der Waals surface area contributed by atoms with E-state index in [9.17, 15) is 8.78 Å². The van der Waals surface area contributed by atoms with E-state index in [2.05, 4.69) is 31.9 Å². The van der Waals surface area contributed by atoms with Gasteiger partial charge < -0.3 is 5.73 Å². The molecule has 2 rings (SSSR count). The van der Waals surface area contributed by atoms with Crippen LogP contribution < -0.4 is 5.73 Å². The molecule has 100 valence electrons. The van der Waals surface area contributed by atoms with Gasteiger partial charge in [0.05, 0.1) is 0 Å². The zero-order chi connectivity index (χ0) is 14.0. The van der Waals surface area contributed by atoms with Crippen molar-refractivity contribution in [3.8, 4) is 0 Å². The van der Waals surface area contributed by atoms with Gasteiger partial charge in [-0.05, 0) is 41.8 Å². The molecular weight excluding hydrogens is 380 g/mol. The minimum Gasteiger partial charge on any atom is -0.324 e. The first-order valence-corrected chi connectivity index (χ1v) is 7.20. The Bertz CT molecular complexity index is 582. The molecule has 0 saturated carbocycles. The van der Waals surface area contributed by atoms with E-state index in [1.54, 1.807) is 0 Å². The molecule has 0 aromatic heterocycles. The van der Waals surface area contributed by atoms with Gasteiger partial charge in [0.2, 0.25) is 0 Å². The Kier molecular flexibility index (Phi) is 4.71. The van der Waals surface area contributed by atoms with Gasteiger partial charge in [0.1, 0.15) is 11.6 Å². The second kappa shape index (κ2) is 6.11. The van der Waals surface area contributed by atoms with Crippen LogP contribution >= 0.6 is 31.9 Å². The van der Waals surface area contributed by atoms with Gasteiger partial charge in [-0.1, -0.05) is 37.9 Å². The van der Waals surface area contributed by atoms with Crippen molar-refractivity contribution in [1.29, 1.82) is 0 Å². The van der Waals surface area contributed by atoms with Crippen molar-refractivity contribution in [2.45, 2.75) is 12.5 Å². The van der Waals surface area contributed by atoms with Crippen LogP contribution in [0.4, 0.5) is 8.78 Å². The lowest BCUT2D eigenvalue weighted by atomic mass is 9.99. The highest BCUT2D eigenvalue weighted by Crippen LogP contribution is 2.27. The van der Waals surface area contributed by atoms with Crippen molar-refractivity contribution in [2.24, 2.45) is 5.73 Å². The minimum absolute atomic E-state index is 0.330. The molecule has 0 amide bonds. The number of hydrogen-bond acceptors (Lipinski definition) is 1. The Morgan fingerprint density at radius 1 is 1.00 bits per heavy atom. The van der Waals surface area contributed by atoms with Crippen LogP contribution in [-0.4, -0.2) is 0 Å². The number of rotatable bonds is 3. The third kappa shape index (κ3) is 3.84. The molecule has 0 radical (unpaired) electrons. The molecule has 0 heterocycles. The van der Waals surface area contributed by atoms with Crippen LogP contribution in [0.25, 0.3) is 0 Å². The fourth-order valence-corrected chi connectivity index (χ4v) is 3.24. The van der Waals surface area contributed by atoms with E-state index in [0.29, 0.717) is 12.0 Å². The lowest BCUT2D eigenvalue weighted by Gasteiger charge is -2.14. The highest BCUT2D eigenvalue weighted by atomic mass is 79.9. The highest BCUT2D eigenvalue weighted by Gasteiger charge is 2.12. The van der Waals surface area contributed by atoms with Crippen LogP contribution in [0.2, 0.25) is 0 Å². The van der Waals surface area contributed by atoms with E-state index in [-0.39, 0.29) is 6.04 Å². The molecule has 2 N–H and O–H groups in total. The Hall–Kier alpha value is -0.780. The summed E-state index contributed by atoms with van der Waals surface area (Å²) in [6.07, 6.45) is 0.370. The number of nitrogens with two attached hydrogens (primary N) is 1. The number of benzene rings is 2. The number of halogens is 4. The van der Waals surface area contributed by atoms with Crippen molar-refractivity contribution in [2.75, 3.05) is 0 Å². The van der Waals surface area contributed by atoms with Crippen molar-refractivity contribution >= 4 is 31.9 Å². The fraction of sp³-hybridized carbons (Fsp3) is 0.143. The van der Waals surface area contributed by atoms with Crippen molar-refractivity contribution < 1.29 is 8.78 Å². The van der Waals surface area contributed by atoms with E-state index >= 15 is 0 Å². The maximum Gasteiger partial charge on any atom is 0.126 e. The van der Waals surface area contributed by atoms with Crippen LogP contribution in [0.1, 0.15) is 17.2 Å². The fourth-order valence-electron chi connectivity index (χ4n) is 1.89. The third-order valence-electron chi connectivity index (χ3n) is 2.74. The smallest absolute Gasteiger partial charge is 0.126 e. The quantitative estimate of drug-likeness (QED) is 0.805. The summed E-state index contributed by atoms with van der Waals surface area (Å²) in [7, 11) is 0. The largest absolute Gasteiger partial charge is 0.324 e. The van der Waals surface area contributed by atoms with Gasteiger partial charge in [-0.2, -0.15) is 0 Å². The number of hydrogen-bond donors (Lipinski definition) is 1.